The molecule has 2 amide bonds. The molecule has 168 valence electrons. The first-order valence-corrected chi connectivity index (χ1v) is 11.9. The topological polar surface area (TPSA) is 57.3 Å². The fourth-order valence-electron chi connectivity index (χ4n) is 3.37. The molecule has 2 aromatic carbocycles. The highest BCUT2D eigenvalue weighted by Crippen LogP contribution is 2.16. The van der Waals surface area contributed by atoms with E-state index in [1.807, 2.05) is 47.4 Å². The van der Waals surface area contributed by atoms with Crippen molar-refractivity contribution in [3.63, 3.8) is 0 Å². The maximum atomic E-state index is 13.0. The molecule has 0 saturated carbocycles. The van der Waals surface area contributed by atoms with Crippen LogP contribution in [0.25, 0.3) is 0 Å². The Morgan fingerprint density at radius 2 is 1.69 bits per heavy atom. The van der Waals surface area contributed by atoms with Gasteiger partial charge >= 0.3 is 6.03 Å². The van der Waals surface area contributed by atoms with Crippen LogP contribution in [-0.4, -0.2) is 29.0 Å². The Hall–Kier alpha value is -2.86. The van der Waals surface area contributed by atoms with Crippen molar-refractivity contribution in [2.45, 2.75) is 39.2 Å². The zero-order chi connectivity index (χ0) is 22.6. The average molecular weight is 495 g/mol. The predicted molar refractivity (Wildman–Crippen MR) is 136 cm³/mol. The molecule has 0 aliphatic rings. The summed E-state index contributed by atoms with van der Waals surface area (Å²) in [5.41, 5.74) is 3.16. The molecule has 0 fully saturated rings. The molecule has 0 bridgehead atoms. The van der Waals surface area contributed by atoms with Crippen molar-refractivity contribution in [3.05, 3.63) is 88.5 Å². The van der Waals surface area contributed by atoms with Crippen LogP contribution >= 0.6 is 15.9 Å². The van der Waals surface area contributed by atoms with E-state index in [-0.39, 0.29) is 6.03 Å². The number of carbonyl (C=O) groups is 1. The summed E-state index contributed by atoms with van der Waals surface area (Å²) in [5, 5.41) is 6.37. The minimum absolute atomic E-state index is 0.0651. The Labute approximate surface area is 199 Å². The summed E-state index contributed by atoms with van der Waals surface area (Å²) in [4.78, 5) is 19.2. The molecule has 0 spiro atoms. The molecule has 3 aromatic rings. The first-order valence-electron chi connectivity index (χ1n) is 11.1. The van der Waals surface area contributed by atoms with Crippen molar-refractivity contribution in [2.24, 2.45) is 0 Å². The monoisotopic (exact) mass is 494 g/mol. The van der Waals surface area contributed by atoms with Gasteiger partial charge < -0.3 is 15.5 Å². The average Bonchev–Trinajstić information content (AvgIpc) is 2.81. The molecule has 3 rings (SSSR count). The van der Waals surface area contributed by atoms with Gasteiger partial charge in [-0.15, -0.1) is 0 Å². The molecule has 32 heavy (non-hydrogen) atoms. The number of amides is 2. The van der Waals surface area contributed by atoms with Gasteiger partial charge in [-0.05, 0) is 61.7 Å². The third kappa shape index (κ3) is 8.35. The van der Waals surface area contributed by atoms with Crippen molar-refractivity contribution in [2.75, 3.05) is 23.7 Å². The summed E-state index contributed by atoms with van der Waals surface area (Å²) in [5.74, 6) is 0.918. The van der Waals surface area contributed by atoms with Gasteiger partial charge in [0.25, 0.3) is 0 Å². The highest BCUT2D eigenvalue weighted by Gasteiger charge is 2.14. The van der Waals surface area contributed by atoms with Gasteiger partial charge in [-0.25, -0.2) is 9.78 Å². The quantitative estimate of drug-likeness (QED) is 0.286. The summed E-state index contributed by atoms with van der Waals surface area (Å²) < 4.78 is 0.990. The number of pyridine rings is 1. The Bertz CT molecular complexity index is 946. The number of anilines is 2. The number of unbranched alkanes of at least 4 members (excludes halogenated alkanes) is 3. The molecule has 0 saturated heterocycles. The van der Waals surface area contributed by atoms with Crippen molar-refractivity contribution in [3.8, 4) is 0 Å². The number of aryl methyl sites for hydroxylation is 1. The first-order chi connectivity index (χ1) is 15.6. The van der Waals surface area contributed by atoms with Crippen molar-refractivity contribution in [1.29, 1.82) is 0 Å². The largest absolute Gasteiger partial charge is 0.370 e. The molecule has 0 radical (unpaired) electrons. The first kappa shape index (κ1) is 23.8. The summed E-state index contributed by atoms with van der Waals surface area (Å²) in [6, 6.07) is 21.9. The molecule has 0 atom stereocenters. The van der Waals surface area contributed by atoms with Crippen LogP contribution in [0, 0.1) is 6.92 Å². The number of carbonyl (C=O) groups excluding carboxylic acids is 1. The molecular formula is C26H31BrN4O. The number of nitrogens with one attached hydrogen (secondary N) is 2. The Kier molecular flexibility index (Phi) is 9.57. The fraction of sp³-hybridized carbons (Fsp3) is 0.308. The molecular weight excluding hydrogens is 464 g/mol. The van der Waals surface area contributed by atoms with Gasteiger partial charge in [0.05, 0.1) is 0 Å². The Morgan fingerprint density at radius 1 is 0.938 bits per heavy atom. The Morgan fingerprint density at radius 3 is 2.41 bits per heavy atom. The number of hydrogen-bond acceptors (Lipinski definition) is 3. The minimum Gasteiger partial charge on any atom is -0.370 e. The van der Waals surface area contributed by atoms with E-state index in [2.05, 4.69) is 62.7 Å². The van der Waals surface area contributed by atoms with Crippen molar-refractivity contribution < 1.29 is 4.79 Å². The second-order valence-corrected chi connectivity index (χ2v) is 8.82. The van der Waals surface area contributed by atoms with Crippen LogP contribution in [0.4, 0.5) is 16.3 Å². The molecule has 0 unspecified atom stereocenters. The lowest BCUT2D eigenvalue weighted by molar-refractivity contribution is 0.207. The van der Waals surface area contributed by atoms with E-state index in [1.54, 1.807) is 6.20 Å². The van der Waals surface area contributed by atoms with Gasteiger partial charge in [0, 0.05) is 36.0 Å². The van der Waals surface area contributed by atoms with E-state index >= 15 is 0 Å². The van der Waals surface area contributed by atoms with Crippen LogP contribution < -0.4 is 10.6 Å². The van der Waals surface area contributed by atoms with Crippen LogP contribution in [-0.2, 0) is 6.54 Å². The third-order valence-electron chi connectivity index (χ3n) is 5.20. The molecule has 0 aliphatic carbocycles. The molecule has 6 heteroatoms. The normalized spacial score (nSPS) is 10.6. The summed E-state index contributed by atoms with van der Waals surface area (Å²) >= 11 is 3.43. The van der Waals surface area contributed by atoms with E-state index in [9.17, 15) is 4.79 Å². The van der Waals surface area contributed by atoms with Gasteiger partial charge in [0.1, 0.15) is 5.82 Å². The number of urea groups is 1. The van der Waals surface area contributed by atoms with Crippen molar-refractivity contribution >= 4 is 33.5 Å². The van der Waals surface area contributed by atoms with Crippen LogP contribution in [0.2, 0.25) is 0 Å². The fourth-order valence-corrected chi connectivity index (χ4v) is 3.63. The lowest BCUT2D eigenvalue weighted by Gasteiger charge is -2.23. The second-order valence-electron chi connectivity index (χ2n) is 7.90. The van der Waals surface area contributed by atoms with E-state index < -0.39 is 0 Å². The summed E-state index contributed by atoms with van der Waals surface area (Å²) in [6.07, 6.45) is 6.06. The van der Waals surface area contributed by atoms with Gasteiger partial charge in [-0.2, -0.15) is 0 Å². The van der Waals surface area contributed by atoms with E-state index in [1.165, 1.54) is 5.56 Å². The smallest absolute Gasteiger partial charge is 0.322 e. The van der Waals surface area contributed by atoms with Gasteiger partial charge in [-0.1, -0.05) is 64.7 Å². The predicted octanol–water partition coefficient (Wildman–Crippen LogP) is 6.86. The second kappa shape index (κ2) is 12.9. The van der Waals surface area contributed by atoms with Crippen LogP contribution in [0.15, 0.2) is 77.4 Å². The highest BCUT2D eigenvalue weighted by atomic mass is 79.9. The minimum atomic E-state index is -0.0651. The highest BCUT2D eigenvalue weighted by molar-refractivity contribution is 9.10. The van der Waals surface area contributed by atoms with E-state index in [4.69, 9.17) is 0 Å². The lowest BCUT2D eigenvalue weighted by Crippen LogP contribution is -2.35. The number of halogens is 1. The number of rotatable bonds is 11. The number of hydrogen-bond donors (Lipinski definition) is 2. The van der Waals surface area contributed by atoms with Crippen LogP contribution in [0.3, 0.4) is 0 Å². The summed E-state index contributed by atoms with van der Waals surface area (Å²) in [7, 11) is 0. The van der Waals surface area contributed by atoms with Gasteiger partial charge in [0.15, 0.2) is 0 Å². The van der Waals surface area contributed by atoms with Gasteiger partial charge in [0.2, 0.25) is 0 Å². The SMILES string of the molecule is Cc1ccc(CN(CCCCCCNc2ccccn2)C(=O)Nc2ccc(Br)cc2)cc1. The van der Waals surface area contributed by atoms with Crippen LogP contribution in [0.5, 0.6) is 0 Å². The molecule has 1 heterocycles. The maximum Gasteiger partial charge on any atom is 0.322 e. The number of aromatic nitrogens is 1. The lowest BCUT2D eigenvalue weighted by atomic mass is 10.1. The summed E-state index contributed by atoms with van der Waals surface area (Å²) in [6.45, 7) is 4.31. The zero-order valence-electron chi connectivity index (χ0n) is 18.6. The van der Waals surface area contributed by atoms with Crippen molar-refractivity contribution in [1.82, 2.24) is 9.88 Å². The third-order valence-corrected chi connectivity index (χ3v) is 5.73. The van der Waals surface area contributed by atoms with E-state index in [0.717, 1.165) is 60.3 Å². The standard InChI is InChI=1S/C26H31BrN4O/c1-21-9-11-22(12-10-21)20-31(26(32)30-24-15-13-23(27)14-16-24)19-7-3-2-5-17-28-25-8-4-6-18-29-25/h4,6,8-16,18H,2-3,5,7,17,19-20H2,1H3,(H,28,29)(H,30,32). The maximum absolute atomic E-state index is 13.0. The number of nitrogens with zero attached hydrogens (tertiary/aromatic N) is 2. The van der Waals surface area contributed by atoms with E-state index in [0.29, 0.717) is 6.54 Å². The Balaban J connectivity index is 1.47. The molecule has 5 nitrogen and oxygen atoms in total. The van der Waals surface area contributed by atoms with Gasteiger partial charge in [-0.3, -0.25) is 0 Å². The van der Waals surface area contributed by atoms with Crippen LogP contribution in [0.1, 0.15) is 36.8 Å². The zero-order valence-corrected chi connectivity index (χ0v) is 20.1. The molecule has 2 N–H and O–H groups in total. The molecule has 1 aromatic heterocycles. The molecule has 0 aliphatic heterocycles. The number of benzene rings is 2.